The van der Waals surface area contributed by atoms with Crippen LogP contribution in [0, 0.1) is 11.3 Å². The highest BCUT2D eigenvalue weighted by Crippen LogP contribution is 2.34. The molecular weight excluding hydrogens is 335 g/mol. The Morgan fingerprint density at radius 2 is 2.04 bits per heavy atom. The minimum absolute atomic E-state index is 0.0704. The summed E-state index contributed by atoms with van der Waals surface area (Å²) >= 11 is 5.73. The van der Waals surface area contributed by atoms with Gasteiger partial charge >= 0.3 is 12.1 Å². The molecule has 0 radical (unpaired) electrons. The van der Waals surface area contributed by atoms with E-state index in [2.05, 4.69) is 4.74 Å². The number of alkyl halides is 3. The molecule has 0 unspecified atom stereocenters. The van der Waals surface area contributed by atoms with E-state index in [1.54, 1.807) is 6.07 Å². The lowest BCUT2D eigenvalue weighted by Crippen LogP contribution is -2.12. The molecule has 0 amide bonds. The van der Waals surface area contributed by atoms with Crippen LogP contribution < -0.4 is 5.73 Å². The standard InChI is InChI=1S/C14H9ClF3N3O2/c1-23-13(22)12-11(20)7(5-19)6-21(12)10-3-8(14(16,17)18)2-9(15)4-10/h2-4,6H,20H2,1H3. The molecule has 2 rings (SSSR count). The average Bonchev–Trinajstić information content (AvgIpc) is 2.81. The number of aromatic nitrogens is 1. The van der Waals surface area contributed by atoms with Crippen LogP contribution >= 0.6 is 11.6 Å². The predicted molar refractivity (Wildman–Crippen MR) is 76.2 cm³/mol. The van der Waals surface area contributed by atoms with E-state index in [4.69, 9.17) is 22.6 Å². The van der Waals surface area contributed by atoms with Crippen LogP contribution in [0.15, 0.2) is 24.4 Å². The maximum atomic E-state index is 12.9. The molecule has 9 heteroatoms. The molecule has 0 spiro atoms. The molecule has 2 N–H and O–H groups in total. The lowest BCUT2D eigenvalue weighted by molar-refractivity contribution is -0.137. The molecule has 1 aromatic carbocycles. The number of carbonyl (C=O) groups is 1. The minimum Gasteiger partial charge on any atom is -0.464 e. The number of nitriles is 1. The van der Waals surface area contributed by atoms with Gasteiger partial charge in [0.25, 0.3) is 0 Å². The number of nitrogens with two attached hydrogens (primary N) is 1. The van der Waals surface area contributed by atoms with Crippen molar-refractivity contribution >= 4 is 23.3 Å². The van der Waals surface area contributed by atoms with E-state index < -0.39 is 17.7 Å². The second-order valence-corrected chi connectivity index (χ2v) is 4.91. The van der Waals surface area contributed by atoms with Crippen molar-refractivity contribution in [3.05, 3.63) is 46.2 Å². The zero-order chi connectivity index (χ0) is 17.4. The Morgan fingerprint density at radius 1 is 1.39 bits per heavy atom. The first-order valence-electron chi connectivity index (χ1n) is 6.06. The second-order valence-electron chi connectivity index (χ2n) is 4.47. The van der Waals surface area contributed by atoms with Crippen molar-refractivity contribution in [3.63, 3.8) is 0 Å². The van der Waals surface area contributed by atoms with Crippen LogP contribution in [0.5, 0.6) is 0 Å². The van der Waals surface area contributed by atoms with Crippen LogP contribution in [0.1, 0.15) is 21.6 Å². The number of hydrogen-bond acceptors (Lipinski definition) is 4. The van der Waals surface area contributed by atoms with Crippen LogP contribution in [0.2, 0.25) is 5.02 Å². The van der Waals surface area contributed by atoms with E-state index in [-0.39, 0.29) is 27.7 Å². The van der Waals surface area contributed by atoms with Gasteiger partial charge in [-0.3, -0.25) is 0 Å². The van der Waals surface area contributed by atoms with E-state index in [9.17, 15) is 18.0 Å². The second kappa shape index (κ2) is 5.85. The van der Waals surface area contributed by atoms with Gasteiger partial charge in [0.15, 0.2) is 5.69 Å². The number of ether oxygens (including phenoxy) is 1. The van der Waals surface area contributed by atoms with E-state index >= 15 is 0 Å². The summed E-state index contributed by atoms with van der Waals surface area (Å²) < 4.78 is 44.3. The van der Waals surface area contributed by atoms with Crippen molar-refractivity contribution in [2.24, 2.45) is 0 Å². The molecule has 120 valence electrons. The van der Waals surface area contributed by atoms with Crippen molar-refractivity contribution in [1.29, 1.82) is 5.26 Å². The molecule has 0 saturated carbocycles. The Kier molecular flexibility index (Phi) is 4.25. The summed E-state index contributed by atoms with van der Waals surface area (Å²) in [6.07, 6.45) is -3.48. The van der Waals surface area contributed by atoms with Crippen LogP contribution in [-0.4, -0.2) is 17.6 Å². The average molecular weight is 344 g/mol. The van der Waals surface area contributed by atoms with Gasteiger partial charge in [0, 0.05) is 16.9 Å². The fourth-order valence-corrected chi connectivity index (χ4v) is 2.22. The summed E-state index contributed by atoms with van der Waals surface area (Å²) in [5, 5.41) is 8.81. The Hall–Kier alpha value is -2.66. The SMILES string of the molecule is COC(=O)c1c(N)c(C#N)cn1-c1cc(Cl)cc(C(F)(F)F)c1. The van der Waals surface area contributed by atoms with E-state index in [0.29, 0.717) is 0 Å². The van der Waals surface area contributed by atoms with Crippen molar-refractivity contribution in [2.45, 2.75) is 6.18 Å². The van der Waals surface area contributed by atoms with E-state index in [1.807, 2.05) is 0 Å². The van der Waals surface area contributed by atoms with Gasteiger partial charge in [0.1, 0.15) is 6.07 Å². The van der Waals surface area contributed by atoms with Crippen LogP contribution in [0.25, 0.3) is 5.69 Å². The molecule has 0 aliphatic heterocycles. The molecule has 2 aromatic rings. The van der Waals surface area contributed by atoms with Gasteiger partial charge in [-0.15, -0.1) is 0 Å². The summed E-state index contributed by atoms with van der Waals surface area (Å²) in [5.74, 6) is -0.891. The number of rotatable bonds is 2. The fraction of sp³-hybridized carbons (Fsp3) is 0.143. The first-order chi connectivity index (χ1) is 10.7. The van der Waals surface area contributed by atoms with E-state index in [0.717, 1.165) is 30.0 Å². The summed E-state index contributed by atoms with van der Waals surface area (Å²) in [5.41, 5.74) is 4.11. The molecule has 0 bridgehead atoms. The lowest BCUT2D eigenvalue weighted by atomic mass is 10.2. The summed E-state index contributed by atoms with van der Waals surface area (Å²) in [6, 6.07) is 4.51. The smallest absolute Gasteiger partial charge is 0.416 e. The maximum absolute atomic E-state index is 12.9. The number of nitrogens with zero attached hydrogens (tertiary/aromatic N) is 2. The largest absolute Gasteiger partial charge is 0.464 e. The highest BCUT2D eigenvalue weighted by Gasteiger charge is 2.32. The molecule has 1 heterocycles. The number of esters is 1. The van der Waals surface area contributed by atoms with Gasteiger partial charge in [0.2, 0.25) is 0 Å². The third kappa shape index (κ3) is 3.10. The zero-order valence-corrected chi connectivity index (χ0v) is 12.4. The number of benzene rings is 1. The zero-order valence-electron chi connectivity index (χ0n) is 11.6. The Bertz CT molecular complexity index is 822. The van der Waals surface area contributed by atoms with Gasteiger partial charge in [0.05, 0.1) is 23.9 Å². The summed E-state index contributed by atoms with van der Waals surface area (Å²) in [4.78, 5) is 11.8. The number of halogens is 4. The highest BCUT2D eigenvalue weighted by molar-refractivity contribution is 6.30. The quantitative estimate of drug-likeness (QED) is 0.847. The van der Waals surface area contributed by atoms with Gasteiger partial charge in [-0.05, 0) is 18.2 Å². The Balaban J connectivity index is 2.75. The maximum Gasteiger partial charge on any atom is 0.416 e. The molecule has 1 aromatic heterocycles. The van der Waals surface area contributed by atoms with Crippen molar-refractivity contribution in [2.75, 3.05) is 12.8 Å². The molecular formula is C14H9ClF3N3O2. The number of hydrogen-bond donors (Lipinski definition) is 1. The number of carbonyl (C=O) groups excluding carboxylic acids is 1. The number of nitrogen functional groups attached to an aromatic ring is 1. The molecule has 0 aliphatic carbocycles. The third-order valence-corrected chi connectivity index (χ3v) is 3.25. The third-order valence-electron chi connectivity index (χ3n) is 3.03. The first kappa shape index (κ1) is 16.7. The van der Waals surface area contributed by atoms with Crippen molar-refractivity contribution in [1.82, 2.24) is 4.57 Å². The minimum atomic E-state index is -4.62. The molecule has 5 nitrogen and oxygen atoms in total. The number of methoxy groups -OCH3 is 1. The van der Waals surface area contributed by atoms with Gasteiger partial charge in [-0.1, -0.05) is 11.6 Å². The van der Waals surface area contributed by atoms with Gasteiger partial charge in [-0.2, -0.15) is 18.4 Å². The molecule has 23 heavy (non-hydrogen) atoms. The van der Waals surface area contributed by atoms with Crippen LogP contribution in [0.4, 0.5) is 18.9 Å². The molecule has 0 atom stereocenters. The highest BCUT2D eigenvalue weighted by atomic mass is 35.5. The van der Waals surface area contributed by atoms with Gasteiger partial charge < -0.3 is 15.0 Å². The summed E-state index contributed by atoms with van der Waals surface area (Å²) in [7, 11) is 1.09. The topological polar surface area (TPSA) is 81.0 Å². The summed E-state index contributed by atoms with van der Waals surface area (Å²) in [6.45, 7) is 0. The van der Waals surface area contributed by atoms with Crippen LogP contribution in [-0.2, 0) is 10.9 Å². The monoisotopic (exact) mass is 343 g/mol. The molecule has 0 saturated heterocycles. The Labute approximate surface area is 133 Å². The van der Waals surface area contributed by atoms with Crippen molar-refractivity contribution in [3.8, 4) is 11.8 Å². The van der Waals surface area contributed by atoms with Gasteiger partial charge in [-0.25, -0.2) is 4.79 Å². The predicted octanol–water partition coefficient (Wildman–Crippen LogP) is 3.39. The number of anilines is 1. The molecule has 0 aliphatic rings. The van der Waals surface area contributed by atoms with E-state index in [1.165, 1.54) is 6.07 Å². The Morgan fingerprint density at radius 3 is 2.57 bits per heavy atom. The molecule has 0 fully saturated rings. The van der Waals surface area contributed by atoms with Crippen molar-refractivity contribution < 1.29 is 22.7 Å². The van der Waals surface area contributed by atoms with Crippen LogP contribution in [0.3, 0.4) is 0 Å². The fourth-order valence-electron chi connectivity index (χ4n) is 2.00. The lowest BCUT2D eigenvalue weighted by Gasteiger charge is -2.12. The first-order valence-corrected chi connectivity index (χ1v) is 6.44. The normalized spacial score (nSPS) is 11.1.